The maximum atomic E-state index is 13.4. The Labute approximate surface area is 210 Å². The highest BCUT2D eigenvalue weighted by Gasteiger charge is 2.21. The molecule has 0 unspecified atom stereocenters. The number of hydrogen-bond acceptors (Lipinski definition) is 6. The van der Waals surface area contributed by atoms with Gasteiger partial charge in [-0.15, -0.1) is 0 Å². The van der Waals surface area contributed by atoms with Crippen molar-refractivity contribution in [2.24, 2.45) is 0 Å². The van der Waals surface area contributed by atoms with Crippen LogP contribution in [0.25, 0.3) is 10.9 Å². The minimum Gasteiger partial charge on any atom is -0.376 e. The summed E-state index contributed by atoms with van der Waals surface area (Å²) < 4.78 is 8.26. The number of halogens is 1. The quantitative estimate of drug-likeness (QED) is 0.243. The number of benzene rings is 2. The summed E-state index contributed by atoms with van der Waals surface area (Å²) in [5.74, 6) is -0.112. The Bertz CT molecular complexity index is 1250. The summed E-state index contributed by atoms with van der Waals surface area (Å²) in [6.45, 7) is 3.63. The molecule has 0 radical (unpaired) electrons. The lowest BCUT2D eigenvalue weighted by atomic mass is 10.1. The van der Waals surface area contributed by atoms with E-state index >= 15 is 0 Å². The highest BCUT2D eigenvalue weighted by Crippen LogP contribution is 2.23. The zero-order valence-electron chi connectivity index (χ0n) is 18.9. The normalized spacial score (nSPS) is 15.5. The Kier molecular flexibility index (Phi) is 8.18. The molecule has 0 aliphatic carbocycles. The van der Waals surface area contributed by atoms with E-state index in [0.29, 0.717) is 46.9 Å². The average molecular weight is 544 g/mol. The second-order valence-electron chi connectivity index (χ2n) is 8.15. The van der Waals surface area contributed by atoms with Gasteiger partial charge < -0.3 is 10.1 Å². The molecule has 34 heavy (non-hydrogen) atoms. The molecule has 1 amide bonds. The fourth-order valence-corrected chi connectivity index (χ4v) is 4.96. The van der Waals surface area contributed by atoms with Crippen LogP contribution in [-0.4, -0.2) is 46.2 Å². The van der Waals surface area contributed by atoms with Gasteiger partial charge in [-0.05, 0) is 49.6 Å². The number of ether oxygens (including phenoxy) is 1. The minimum atomic E-state index is -0.200. The highest BCUT2D eigenvalue weighted by atomic mass is 79.9. The second kappa shape index (κ2) is 11.3. The van der Waals surface area contributed by atoms with E-state index in [1.807, 2.05) is 19.1 Å². The third-order valence-corrected chi connectivity index (χ3v) is 7.13. The van der Waals surface area contributed by atoms with Gasteiger partial charge >= 0.3 is 0 Å². The van der Waals surface area contributed by atoms with Crippen LogP contribution in [0.4, 0.5) is 0 Å². The first-order valence-electron chi connectivity index (χ1n) is 11.3. The molecular formula is C25H26BrN3O4S. The van der Waals surface area contributed by atoms with E-state index in [0.717, 1.165) is 23.7 Å². The van der Waals surface area contributed by atoms with Crippen LogP contribution in [-0.2, 0) is 11.3 Å². The third-order valence-electron chi connectivity index (χ3n) is 5.63. The van der Waals surface area contributed by atoms with E-state index in [-0.39, 0.29) is 29.1 Å². The zero-order chi connectivity index (χ0) is 24.1. The topological polar surface area (TPSA) is 90.3 Å². The van der Waals surface area contributed by atoms with Gasteiger partial charge in [0, 0.05) is 28.8 Å². The van der Waals surface area contributed by atoms with Crippen LogP contribution >= 0.6 is 27.7 Å². The van der Waals surface area contributed by atoms with Crippen molar-refractivity contribution >= 4 is 50.3 Å². The molecule has 1 aliphatic heterocycles. The Morgan fingerprint density at radius 2 is 1.97 bits per heavy atom. The van der Waals surface area contributed by atoms with Crippen molar-refractivity contribution in [3.63, 3.8) is 0 Å². The van der Waals surface area contributed by atoms with Gasteiger partial charge in [0.15, 0.2) is 10.9 Å². The lowest BCUT2D eigenvalue weighted by Crippen LogP contribution is -2.29. The van der Waals surface area contributed by atoms with Gasteiger partial charge in [-0.3, -0.25) is 19.0 Å². The van der Waals surface area contributed by atoms with Crippen LogP contribution in [0.5, 0.6) is 0 Å². The number of hydrogen-bond donors (Lipinski definition) is 1. The molecule has 1 atom stereocenters. The molecule has 1 saturated heterocycles. The van der Waals surface area contributed by atoms with Gasteiger partial charge in [0.2, 0.25) is 0 Å². The van der Waals surface area contributed by atoms with E-state index in [4.69, 9.17) is 9.72 Å². The van der Waals surface area contributed by atoms with E-state index in [1.165, 1.54) is 11.8 Å². The summed E-state index contributed by atoms with van der Waals surface area (Å²) in [7, 11) is 0. The first kappa shape index (κ1) is 24.6. The summed E-state index contributed by atoms with van der Waals surface area (Å²) in [6.07, 6.45) is 2.61. The van der Waals surface area contributed by atoms with Crippen LogP contribution in [0.3, 0.4) is 0 Å². The standard InChI is InChI=1S/C25H26BrN3O4S/c1-2-11-27-23(31)17-7-10-20-21(13-17)28-25(29(24(20)32)14-19-4-3-12-33-19)34-15-22(30)16-5-8-18(26)9-6-16/h5-10,13,19H,2-4,11-12,14-15H2,1H3,(H,27,31)/t19-/m1/s1. The first-order valence-corrected chi connectivity index (χ1v) is 13.1. The van der Waals surface area contributed by atoms with Crippen LogP contribution in [0.15, 0.2) is 56.9 Å². The number of nitrogens with zero attached hydrogens (tertiary/aromatic N) is 2. The zero-order valence-corrected chi connectivity index (χ0v) is 21.3. The molecule has 1 N–H and O–H groups in total. The van der Waals surface area contributed by atoms with Crippen molar-refractivity contribution in [2.75, 3.05) is 18.9 Å². The van der Waals surface area contributed by atoms with Crippen LogP contribution in [0, 0.1) is 0 Å². The number of ketones is 1. The van der Waals surface area contributed by atoms with Crippen LogP contribution < -0.4 is 10.9 Å². The molecule has 1 fully saturated rings. The number of Topliss-reactive ketones (excluding diaryl/α,β-unsaturated/α-hetero) is 1. The van der Waals surface area contributed by atoms with Crippen LogP contribution in [0.2, 0.25) is 0 Å². The number of fused-ring (bicyclic) bond motifs is 1. The molecule has 4 rings (SSSR count). The number of rotatable bonds is 9. The smallest absolute Gasteiger partial charge is 0.262 e. The number of aromatic nitrogens is 2. The number of nitrogens with one attached hydrogen (secondary N) is 1. The SMILES string of the molecule is CCCNC(=O)c1ccc2c(=O)n(C[C@H]3CCCO3)c(SCC(=O)c3ccc(Br)cc3)nc2c1. The van der Waals surface area contributed by atoms with E-state index in [9.17, 15) is 14.4 Å². The number of carbonyl (C=O) groups is 2. The predicted molar refractivity (Wildman–Crippen MR) is 137 cm³/mol. The van der Waals surface area contributed by atoms with Gasteiger partial charge in [0.1, 0.15) is 0 Å². The van der Waals surface area contributed by atoms with Gasteiger partial charge in [-0.25, -0.2) is 4.98 Å². The molecule has 0 spiro atoms. The molecule has 1 aliphatic rings. The fourth-order valence-electron chi connectivity index (χ4n) is 3.79. The molecule has 1 aromatic heterocycles. The second-order valence-corrected chi connectivity index (χ2v) is 10.0. The fraction of sp³-hybridized carbons (Fsp3) is 0.360. The summed E-state index contributed by atoms with van der Waals surface area (Å²) in [5, 5.41) is 3.73. The largest absolute Gasteiger partial charge is 0.376 e. The van der Waals surface area contributed by atoms with E-state index in [1.54, 1.807) is 34.9 Å². The van der Waals surface area contributed by atoms with Crippen molar-refractivity contribution in [1.82, 2.24) is 14.9 Å². The number of thioether (sulfide) groups is 1. The molecular weight excluding hydrogens is 518 g/mol. The van der Waals surface area contributed by atoms with Crippen molar-refractivity contribution < 1.29 is 14.3 Å². The van der Waals surface area contributed by atoms with E-state index < -0.39 is 0 Å². The van der Waals surface area contributed by atoms with Crippen molar-refractivity contribution in [1.29, 1.82) is 0 Å². The average Bonchev–Trinajstić information content (AvgIpc) is 3.36. The van der Waals surface area contributed by atoms with Crippen LogP contribution in [0.1, 0.15) is 46.9 Å². The van der Waals surface area contributed by atoms with E-state index in [2.05, 4.69) is 21.2 Å². The Morgan fingerprint density at radius 1 is 1.21 bits per heavy atom. The molecule has 0 bridgehead atoms. The summed E-state index contributed by atoms with van der Waals surface area (Å²) in [4.78, 5) is 43.3. The summed E-state index contributed by atoms with van der Waals surface area (Å²) >= 11 is 4.61. The van der Waals surface area contributed by atoms with Gasteiger partial charge in [-0.1, -0.05) is 46.7 Å². The summed E-state index contributed by atoms with van der Waals surface area (Å²) in [5.41, 5.74) is 1.29. The number of amides is 1. The maximum absolute atomic E-state index is 13.4. The maximum Gasteiger partial charge on any atom is 0.262 e. The molecule has 3 aromatic rings. The summed E-state index contributed by atoms with van der Waals surface area (Å²) in [6, 6.07) is 12.1. The van der Waals surface area contributed by atoms with Gasteiger partial charge in [0.05, 0.1) is 29.3 Å². The molecule has 9 heteroatoms. The Balaban J connectivity index is 1.66. The minimum absolute atomic E-state index is 0.0526. The highest BCUT2D eigenvalue weighted by molar-refractivity contribution is 9.10. The monoisotopic (exact) mass is 543 g/mol. The predicted octanol–water partition coefficient (Wildman–Crippen LogP) is 4.45. The third kappa shape index (κ3) is 5.76. The lowest BCUT2D eigenvalue weighted by Gasteiger charge is -2.16. The Morgan fingerprint density at radius 3 is 2.68 bits per heavy atom. The Hall–Kier alpha value is -2.49. The van der Waals surface area contributed by atoms with Gasteiger partial charge in [-0.2, -0.15) is 0 Å². The van der Waals surface area contributed by atoms with Gasteiger partial charge in [0.25, 0.3) is 11.5 Å². The number of carbonyl (C=O) groups excluding carboxylic acids is 2. The lowest BCUT2D eigenvalue weighted by molar-refractivity contribution is 0.0937. The molecule has 2 aromatic carbocycles. The molecule has 2 heterocycles. The molecule has 7 nitrogen and oxygen atoms in total. The van der Waals surface area contributed by atoms with Crippen molar-refractivity contribution in [2.45, 2.75) is 44.0 Å². The molecule has 0 saturated carbocycles. The van der Waals surface area contributed by atoms with Crippen molar-refractivity contribution in [3.05, 3.63) is 68.4 Å². The molecule has 178 valence electrons. The van der Waals surface area contributed by atoms with Crippen molar-refractivity contribution in [3.8, 4) is 0 Å². The first-order chi connectivity index (χ1) is 16.5.